The molecule has 0 spiro atoms. The third-order valence-electron chi connectivity index (χ3n) is 8.22. The first-order valence-electron chi connectivity index (χ1n) is 17.7. The zero-order valence-corrected chi connectivity index (χ0v) is 27.2. The molecular formula is C36H38O15. The van der Waals surface area contributed by atoms with Gasteiger partial charge in [0.1, 0.15) is 66.7 Å². The Bertz CT molecular complexity index is 2100. The zero-order valence-electron chi connectivity index (χ0n) is 31.2. The van der Waals surface area contributed by atoms with Gasteiger partial charge < -0.3 is 48.5 Å². The Hall–Kier alpha value is -5.35. The van der Waals surface area contributed by atoms with Crippen molar-refractivity contribution in [2.24, 2.45) is 0 Å². The second-order valence-electron chi connectivity index (χ2n) is 11.2. The summed E-state index contributed by atoms with van der Waals surface area (Å²) >= 11 is 0. The van der Waals surface area contributed by atoms with Crippen molar-refractivity contribution in [3.63, 3.8) is 0 Å². The number of ketones is 3. The second-order valence-corrected chi connectivity index (χ2v) is 11.2. The molecule has 0 saturated carbocycles. The summed E-state index contributed by atoms with van der Waals surface area (Å²) in [5.41, 5.74) is -13.9. The number of fused-ring (bicyclic) bond motifs is 2. The highest BCUT2D eigenvalue weighted by molar-refractivity contribution is 6.06. The van der Waals surface area contributed by atoms with Gasteiger partial charge in [-0.05, 0) is 26.8 Å². The molecule has 1 aliphatic heterocycles. The summed E-state index contributed by atoms with van der Waals surface area (Å²) in [4.78, 5) is 67.6. The average Bonchev–Trinajstić information content (AvgIpc) is 3.19. The predicted octanol–water partition coefficient (Wildman–Crippen LogP) is 2.31. The standard InChI is InChI=1S/C36H38O15/c1-8-11-46-25-15-24-22(14-23(25)41)31(42)29-27(50-24)16-26(47-12-9-2)30(32(29)48-13-10-3)33-35(44,19(5)38)36(45,20(6)39)34(43,18(4)37)28(51-33)17-49-21(7)40/h8-10,14-16,28,33,41,43-45H,1-3,11-13,17H2,4-7H3/t28-,33?,34-,35+,36+/m1/s1/i4D,5D,6D,7D. The van der Waals surface area contributed by atoms with Crippen molar-refractivity contribution < 1.29 is 73.2 Å². The highest BCUT2D eigenvalue weighted by atomic mass is 16.6. The molecule has 0 aliphatic carbocycles. The van der Waals surface area contributed by atoms with Crippen LogP contribution >= 0.6 is 0 Å². The quantitative estimate of drug-likeness (QED) is 0.101. The number of hydrogen-bond donors (Lipinski definition) is 4. The van der Waals surface area contributed by atoms with Crippen molar-refractivity contribution in [2.75, 3.05) is 26.4 Å². The molecule has 51 heavy (non-hydrogen) atoms. The van der Waals surface area contributed by atoms with Gasteiger partial charge in [0, 0.05) is 24.5 Å². The van der Waals surface area contributed by atoms with Crippen LogP contribution in [0.15, 0.2) is 65.4 Å². The molecule has 15 heteroatoms. The summed E-state index contributed by atoms with van der Waals surface area (Å²) in [5.74, 6) is -8.31. The lowest BCUT2D eigenvalue weighted by Crippen LogP contribution is -2.84. The zero-order chi connectivity index (χ0) is 40.9. The van der Waals surface area contributed by atoms with Gasteiger partial charge in [0.25, 0.3) is 0 Å². The van der Waals surface area contributed by atoms with Crippen LogP contribution in [0.5, 0.6) is 23.0 Å². The minimum atomic E-state index is -4.14. The molecule has 0 bridgehead atoms. The van der Waals surface area contributed by atoms with Gasteiger partial charge in [0.15, 0.2) is 45.7 Å². The van der Waals surface area contributed by atoms with E-state index >= 15 is 0 Å². The third-order valence-corrected chi connectivity index (χ3v) is 8.22. The van der Waals surface area contributed by atoms with E-state index in [4.69, 9.17) is 33.6 Å². The molecule has 5 atom stereocenters. The summed E-state index contributed by atoms with van der Waals surface area (Å²) < 4.78 is 65.1. The van der Waals surface area contributed by atoms with Gasteiger partial charge in [0.2, 0.25) is 5.43 Å². The summed E-state index contributed by atoms with van der Waals surface area (Å²) in [7, 11) is 0. The Balaban J connectivity index is 2.26. The highest BCUT2D eigenvalue weighted by Crippen LogP contribution is 2.56. The fourth-order valence-electron chi connectivity index (χ4n) is 5.89. The number of benzene rings is 2. The largest absolute Gasteiger partial charge is 0.504 e. The lowest BCUT2D eigenvalue weighted by atomic mass is 9.58. The highest BCUT2D eigenvalue weighted by Gasteiger charge is 2.78. The molecule has 1 aromatic heterocycles. The number of carbonyl (C=O) groups excluding carboxylic acids is 4. The fourth-order valence-corrected chi connectivity index (χ4v) is 5.89. The topological polar surface area (TPSA) is 226 Å². The van der Waals surface area contributed by atoms with Gasteiger partial charge in [-0.15, -0.1) is 0 Å². The van der Waals surface area contributed by atoms with E-state index in [-0.39, 0.29) is 35.5 Å². The minimum absolute atomic E-state index is 0.0262. The molecule has 1 fully saturated rings. The molecule has 1 unspecified atom stereocenters. The Kier molecular flexibility index (Phi) is 9.32. The van der Waals surface area contributed by atoms with Gasteiger partial charge in [-0.1, -0.05) is 38.0 Å². The number of esters is 1. The molecule has 2 heterocycles. The first-order valence-corrected chi connectivity index (χ1v) is 14.9. The van der Waals surface area contributed by atoms with E-state index in [1.165, 1.54) is 24.3 Å². The van der Waals surface area contributed by atoms with Crippen molar-refractivity contribution in [3.8, 4) is 23.0 Å². The molecule has 272 valence electrons. The van der Waals surface area contributed by atoms with Gasteiger partial charge in [-0.2, -0.15) is 0 Å². The van der Waals surface area contributed by atoms with Crippen LogP contribution in [0.2, 0.25) is 0 Å². The summed E-state index contributed by atoms with van der Waals surface area (Å²) in [6.07, 6.45) is -1.20. The fraction of sp³-hybridized carbons (Fsp3) is 0.361. The maximum Gasteiger partial charge on any atom is 0.302 e. The van der Waals surface area contributed by atoms with E-state index < -0.39 is 127 Å². The Labute approximate surface area is 296 Å². The van der Waals surface area contributed by atoms with E-state index in [0.29, 0.717) is 0 Å². The van der Waals surface area contributed by atoms with Gasteiger partial charge in [0.05, 0.1) is 10.9 Å². The van der Waals surface area contributed by atoms with Gasteiger partial charge >= 0.3 is 5.97 Å². The SMILES string of the molecule is [2H]CC(=O)OC[C@H]1OC(c2c(OCC=C)cc3oc4cc(OCC=C)c(O)cc4c(=O)c3c2OCC=C)[C@@](O)(C(=O)C[2H])[C@](O)(C(=O)C[2H])[C@@]1(O)C(=O)C[2H]. The maximum atomic E-state index is 14.3. The van der Waals surface area contributed by atoms with E-state index in [1.807, 2.05) is 0 Å². The monoisotopic (exact) mass is 714 g/mol. The number of Topliss-reactive ketones (excluding diaryl/α,β-unsaturated/α-hetero) is 3. The van der Waals surface area contributed by atoms with Crippen LogP contribution in [0.3, 0.4) is 0 Å². The van der Waals surface area contributed by atoms with Crippen molar-refractivity contribution in [1.29, 1.82) is 0 Å². The number of aromatic hydroxyl groups is 1. The van der Waals surface area contributed by atoms with E-state index in [0.717, 1.165) is 12.1 Å². The number of ether oxygens (including phenoxy) is 5. The minimum Gasteiger partial charge on any atom is -0.504 e. The Morgan fingerprint density at radius 1 is 0.843 bits per heavy atom. The number of carbonyl (C=O) groups is 4. The van der Waals surface area contributed by atoms with Crippen molar-refractivity contribution in [3.05, 3.63) is 72.0 Å². The maximum absolute atomic E-state index is 14.3. The Morgan fingerprint density at radius 3 is 2.04 bits per heavy atom. The third kappa shape index (κ3) is 6.07. The summed E-state index contributed by atoms with van der Waals surface area (Å²) in [5, 5.41) is 47.0. The summed E-state index contributed by atoms with van der Waals surface area (Å²) in [6, 6.07) is 3.30. The van der Waals surface area contributed by atoms with Crippen LogP contribution in [-0.4, -0.2) is 93.1 Å². The van der Waals surface area contributed by atoms with Crippen LogP contribution in [0.25, 0.3) is 21.9 Å². The number of hydrogen-bond acceptors (Lipinski definition) is 15. The van der Waals surface area contributed by atoms with Crippen LogP contribution in [0, 0.1) is 0 Å². The average molecular weight is 715 g/mol. The molecule has 2 aromatic carbocycles. The van der Waals surface area contributed by atoms with Crippen molar-refractivity contribution in [2.45, 2.75) is 56.6 Å². The molecule has 3 aromatic rings. The number of phenolic OH excluding ortho intramolecular Hbond substituents is 1. The molecular weight excluding hydrogens is 672 g/mol. The van der Waals surface area contributed by atoms with Gasteiger partial charge in [-0.3, -0.25) is 24.0 Å². The molecule has 0 radical (unpaired) electrons. The van der Waals surface area contributed by atoms with E-state index in [2.05, 4.69) is 19.7 Å². The molecule has 0 amide bonds. The van der Waals surface area contributed by atoms with Crippen LogP contribution < -0.4 is 19.6 Å². The van der Waals surface area contributed by atoms with Crippen molar-refractivity contribution >= 4 is 45.3 Å². The van der Waals surface area contributed by atoms with Crippen LogP contribution in [0.1, 0.15) is 44.7 Å². The lowest BCUT2D eigenvalue weighted by molar-refractivity contribution is -0.324. The van der Waals surface area contributed by atoms with Crippen molar-refractivity contribution in [1.82, 2.24) is 0 Å². The van der Waals surface area contributed by atoms with Crippen LogP contribution in [0.4, 0.5) is 0 Å². The smallest absolute Gasteiger partial charge is 0.302 e. The second kappa shape index (κ2) is 14.5. The number of rotatable bonds is 15. The number of phenols is 1. The first kappa shape index (κ1) is 32.8. The molecule has 4 rings (SSSR count). The first-order chi connectivity index (χ1) is 26.1. The molecule has 15 nitrogen and oxygen atoms in total. The molecule has 4 N–H and O–H groups in total. The van der Waals surface area contributed by atoms with E-state index in [1.54, 1.807) is 0 Å². The van der Waals surface area contributed by atoms with Crippen LogP contribution in [-0.2, 0) is 28.7 Å². The normalized spacial score (nSPS) is 25.4. The Morgan fingerprint density at radius 2 is 1.43 bits per heavy atom. The predicted molar refractivity (Wildman–Crippen MR) is 180 cm³/mol. The number of aliphatic hydroxyl groups is 3. The summed E-state index contributed by atoms with van der Waals surface area (Å²) in [6.45, 7) is 3.23. The molecule has 1 saturated heterocycles. The van der Waals surface area contributed by atoms with E-state index in [9.17, 15) is 44.4 Å². The lowest BCUT2D eigenvalue weighted by Gasteiger charge is -2.58. The van der Waals surface area contributed by atoms with Gasteiger partial charge in [-0.25, -0.2) is 0 Å². The molecule has 1 aliphatic rings.